The molecule has 168 valence electrons. The first-order chi connectivity index (χ1) is 15.1. The molecule has 1 fully saturated rings. The predicted octanol–water partition coefficient (Wildman–Crippen LogP) is 4.07. The van der Waals surface area contributed by atoms with Crippen molar-refractivity contribution in [1.82, 2.24) is 9.80 Å². The molecule has 0 radical (unpaired) electrons. The zero-order valence-electron chi connectivity index (χ0n) is 18.4. The van der Waals surface area contributed by atoms with E-state index < -0.39 is 0 Å². The van der Waals surface area contributed by atoms with Gasteiger partial charge in [0.05, 0.1) is 12.1 Å². The number of anilines is 1. The summed E-state index contributed by atoms with van der Waals surface area (Å²) in [7, 11) is 3.31. The van der Waals surface area contributed by atoms with Crippen molar-refractivity contribution < 1.29 is 14.3 Å². The van der Waals surface area contributed by atoms with Crippen molar-refractivity contribution in [3.05, 3.63) is 59.1 Å². The number of amides is 1. The normalized spacial score (nSPS) is 16.5. The minimum Gasteiger partial charge on any atom is -0.495 e. The molecule has 1 N–H and O–H groups in total. The van der Waals surface area contributed by atoms with Crippen LogP contribution in [0.2, 0.25) is 5.02 Å². The van der Waals surface area contributed by atoms with E-state index in [1.165, 1.54) is 0 Å². The Balaban J connectivity index is 1.74. The lowest BCUT2D eigenvalue weighted by Gasteiger charge is -2.30. The van der Waals surface area contributed by atoms with Gasteiger partial charge in [-0.3, -0.25) is 9.69 Å². The maximum atomic E-state index is 13.4. The van der Waals surface area contributed by atoms with E-state index in [4.69, 9.17) is 21.1 Å². The number of rotatable bonds is 9. The average molecular weight is 446 g/mol. The van der Waals surface area contributed by atoms with Crippen LogP contribution in [0.15, 0.2) is 48.5 Å². The molecule has 1 heterocycles. The third-order valence-electron chi connectivity index (χ3n) is 5.59. The quantitative estimate of drug-likeness (QED) is 0.589. The van der Waals surface area contributed by atoms with Gasteiger partial charge in [-0.25, -0.2) is 0 Å². The standard InChI is InChI=1S/C24H32ClN3O3/c1-30-17-7-13-27-12-6-14-28(16-15-27)23(19-8-4-3-5-9-19)24(29)26-20-10-11-22(31-2)21(25)18-20/h3-5,8-11,18,23H,6-7,12-17H2,1-2H3,(H,26,29)/t23-/m0/s1. The summed E-state index contributed by atoms with van der Waals surface area (Å²) < 4.78 is 10.4. The molecule has 31 heavy (non-hydrogen) atoms. The van der Waals surface area contributed by atoms with E-state index in [-0.39, 0.29) is 11.9 Å². The average Bonchev–Trinajstić information content (AvgIpc) is 3.01. The summed E-state index contributed by atoms with van der Waals surface area (Å²) in [5.74, 6) is 0.528. The fourth-order valence-corrected chi connectivity index (χ4v) is 4.28. The molecule has 0 saturated carbocycles. The first kappa shape index (κ1) is 23.5. The van der Waals surface area contributed by atoms with Crippen LogP contribution in [0.3, 0.4) is 0 Å². The summed E-state index contributed by atoms with van der Waals surface area (Å²) in [5, 5.41) is 3.52. The first-order valence-corrected chi connectivity index (χ1v) is 11.1. The molecular weight excluding hydrogens is 414 g/mol. The van der Waals surface area contributed by atoms with Crippen molar-refractivity contribution >= 4 is 23.2 Å². The number of carbonyl (C=O) groups excluding carboxylic acids is 1. The molecule has 0 bridgehead atoms. The summed E-state index contributed by atoms with van der Waals surface area (Å²) in [6.45, 7) is 5.49. The summed E-state index contributed by atoms with van der Waals surface area (Å²) >= 11 is 6.25. The van der Waals surface area contributed by atoms with Crippen molar-refractivity contribution in [2.45, 2.75) is 18.9 Å². The number of nitrogens with zero attached hydrogens (tertiary/aromatic N) is 2. The Bertz CT molecular complexity index is 834. The van der Waals surface area contributed by atoms with Gasteiger partial charge in [-0.15, -0.1) is 0 Å². The van der Waals surface area contributed by atoms with Crippen molar-refractivity contribution in [2.75, 3.05) is 58.9 Å². The number of benzene rings is 2. The summed E-state index contributed by atoms with van der Waals surface area (Å²) in [6, 6.07) is 14.9. The minimum atomic E-state index is -0.360. The van der Waals surface area contributed by atoms with Gasteiger partial charge in [0.1, 0.15) is 11.8 Å². The summed E-state index contributed by atoms with van der Waals surface area (Å²) in [4.78, 5) is 18.2. The third-order valence-corrected chi connectivity index (χ3v) is 5.89. The molecule has 0 aliphatic carbocycles. The fourth-order valence-electron chi connectivity index (χ4n) is 4.02. The lowest BCUT2D eigenvalue weighted by molar-refractivity contribution is -0.121. The first-order valence-electron chi connectivity index (χ1n) is 10.8. The fraction of sp³-hybridized carbons (Fsp3) is 0.458. The van der Waals surface area contributed by atoms with Gasteiger partial charge in [-0.1, -0.05) is 41.9 Å². The molecule has 1 aliphatic rings. The van der Waals surface area contributed by atoms with Gasteiger partial charge >= 0.3 is 0 Å². The smallest absolute Gasteiger partial charge is 0.246 e. The van der Waals surface area contributed by atoms with Gasteiger partial charge in [0.15, 0.2) is 0 Å². The molecule has 1 saturated heterocycles. The predicted molar refractivity (Wildman–Crippen MR) is 125 cm³/mol. The topological polar surface area (TPSA) is 54.0 Å². The van der Waals surface area contributed by atoms with Crippen molar-refractivity contribution in [3.8, 4) is 5.75 Å². The highest BCUT2D eigenvalue weighted by molar-refractivity contribution is 6.32. The molecule has 2 aromatic rings. The van der Waals surface area contributed by atoms with Crippen LogP contribution in [0.1, 0.15) is 24.4 Å². The van der Waals surface area contributed by atoms with Crippen LogP contribution in [0.4, 0.5) is 5.69 Å². The van der Waals surface area contributed by atoms with Crippen molar-refractivity contribution in [2.24, 2.45) is 0 Å². The second-order valence-electron chi connectivity index (χ2n) is 7.73. The lowest BCUT2D eigenvalue weighted by Crippen LogP contribution is -2.39. The van der Waals surface area contributed by atoms with E-state index in [0.29, 0.717) is 16.5 Å². The number of halogens is 1. The van der Waals surface area contributed by atoms with Crippen LogP contribution in [0.25, 0.3) is 0 Å². The van der Waals surface area contributed by atoms with Gasteiger partial charge in [-0.2, -0.15) is 0 Å². The number of hydrogen-bond donors (Lipinski definition) is 1. The highest BCUT2D eigenvalue weighted by Gasteiger charge is 2.29. The second-order valence-corrected chi connectivity index (χ2v) is 8.14. The van der Waals surface area contributed by atoms with E-state index in [2.05, 4.69) is 15.1 Å². The zero-order chi connectivity index (χ0) is 22.1. The summed E-state index contributed by atoms with van der Waals surface area (Å²) in [6.07, 6.45) is 2.05. The molecular formula is C24H32ClN3O3. The molecule has 3 rings (SSSR count). The Morgan fingerprint density at radius 3 is 2.61 bits per heavy atom. The molecule has 1 aliphatic heterocycles. The number of methoxy groups -OCH3 is 2. The number of nitrogens with one attached hydrogen (secondary N) is 1. The Morgan fingerprint density at radius 2 is 1.90 bits per heavy atom. The van der Waals surface area contributed by atoms with Crippen LogP contribution in [0, 0.1) is 0 Å². The molecule has 2 aromatic carbocycles. The molecule has 6 nitrogen and oxygen atoms in total. The number of ether oxygens (including phenoxy) is 2. The zero-order valence-corrected chi connectivity index (χ0v) is 19.1. The van der Waals surface area contributed by atoms with Crippen LogP contribution < -0.4 is 10.1 Å². The van der Waals surface area contributed by atoms with Gasteiger partial charge in [0, 0.05) is 45.6 Å². The van der Waals surface area contributed by atoms with Gasteiger partial charge in [-0.05, 0) is 43.1 Å². The third kappa shape index (κ3) is 6.68. The monoisotopic (exact) mass is 445 g/mol. The van der Waals surface area contributed by atoms with E-state index >= 15 is 0 Å². The second kappa shape index (κ2) is 12.1. The molecule has 7 heteroatoms. The minimum absolute atomic E-state index is 0.0553. The van der Waals surface area contributed by atoms with E-state index in [0.717, 1.165) is 57.7 Å². The molecule has 0 spiro atoms. The maximum absolute atomic E-state index is 13.4. The molecule has 1 atom stereocenters. The number of hydrogen-bond acceptors (Lipinski definition) is 5. The van der Waals surface area contributed by atoms with Gasteiger partial charge in [0.2, 0.25) is 5.91 Å². The van der Waals surface area contributed by atoms with Crippen LogP contribution in [0.5, 0.6) is 5.75 Å². The number of carbonyl (C=O) groups is 1. The Morgan fingerprint density at radius 1 is 1.10 bits per heavy atom. The molecule has 1 amide bonds. The SMILES string of the molecule is COCCCN1CCCN([C@H](C(=O)Nc2ccc(OC)c(Cl)c2)c2ccccc2)CC1. The highest BCUT2D eigenvalue weighted by Crippen LogP contribution is 2.29. The van der Waals surface area contributed by atoms with Crippen molar-refractivity contribution in [3.63, 3.8) is 0 Å². The largest absolute Gasteiger partial charge is 0.495 e. The lowest BCUT2D eigenvalue weighted by atomic mass is 10.0. The van der Waals surface area contributed by atoms with E-state index in [1.54, 1.807) is 26.4 Å². The molecule has 0 aromatic heterocycles. The highest BCUT2D eigenvalue weighted by atomic mass is 35.5. The Kier molecular flexibility index (Phi) is 9.15. The van der Waals surface area contributed by atoms with E-state index in [9.17, 15) is 4.79 Å². The molecule has 0 unspecified atom stereocenters. The van der Waals surface area contributed by atoms with E-state index in [1.807, 2.05) is 36.4 Å². The van der Waals surface area contributed by atoms with Crippen LogP contribution in [-0.4, -0.2) is 69.3 Å². The van der Waals surface area contributed by atoms with Crippen LogP contribution in [-0.2, 0) is 9.53 Å². The Labute approximate surface area is 190 Å². The van der Waals surface area contributed by atoms with Crippen molar-refractivity contribution in [1.29, 1.82) is 0 Å². The Hall–Kier alpha value is -2.12. The summed E-state index contributed by atoms with van der Waals surface area (Å²) in [5.41, 5.74) is 1.65. The maximum Gasteiger partial charge on any atom is 0.246 e. The van der Waals surface area contributed by atoms with Gasteiger partial charge < -0.3 is 19.7 Å². The van der Waals surface area contributed by atoms with Gasteiger partial charge in [0.25, 0.3) is 0 Å². The van der Waals surface area contributed by atoms with Crippen LogP contribution >= 0.6 is 11.6 Å².